The fourth-order valence-electron chi connectivity index (χ4n) is 4.47. The van der Waals surface area contributed by atoms with Crippen molar-refractivity contribution in [3.05, 3.63) is 95.3 Å². The van der Waals surface area contributed by atoms with Crippen molar-refractivity contribution >= 4 is 22.5 Å². The number of anilines is 1. The van der Waals surface area contributed by atoms with E-state index in [9.17, 15) is 0 Å². The maximum atomic E-state index is 4.23. The number of nitrogens with one attached hydrogen (secondary N) is 2. The first kappa shape index (κ1) is 22.7. The summed E-state index contributed by atoms with van der Waals surface area (Å²) < 4.78 is 0. The van der Waals surface area contributed by atoms with Crippen molar-refractivity contribution in [1.29, 1.82) is 0 Å². The van der Waals surface area contributed by atoms with Crippen LogP contribution in [0.4, 0.5) is 5.69 Å². The Labute approximate surface area is 188 Å². The molecule has 2 aromatic carbocycles. The first-order valence-corrected chi connectivity index (χ1v) is 11.3. The van der Waals surface area contributed by atoms with Crippen LogP contribution in [0.2, 0.25) is 0 Å². The van der Waals surface area contributed by atoms with Crippen molar-refractivity contribution < 1.29 is 0 Å². The van der Waals surface area contributed by atoms with Crippen molar-refractivity contribution in [2.45, 2.75) is 59.8 Å². The minimum absolute atomic E-state index is 0.735. The molecule has 0 atom stereocenters. The predicted molar refractivity (Wildman–Crippen MR) is 138 cm³/mol. The van der Waals surface area contributed by atoms with Gasteiger partial charge in [-0.05, 0) is 91.8 Å². The van der Waals surface area contributed by atoms with E-state index in [4.69, 9.17) is 0 Å². The first-order chi connectivity index (χ1) is 14.8. The highest BCUT2D eigenvalue weighted by Crippen LogP contribution is 2.37. The Morgan fingerprint density at radius 2 is 1.68 bits per heavy atom. The molecule has 0 unspecified atom stereocenters. The lowest BCUT2D eigenvalue weighted by Crippen LogP contribution is -2.18. The molecule has 0 saturated carbocycles. The third kappa shape index (κ3) is 5.19. The summed E-state index contributed by atoms with van der Waals surface area (Å²) in [6.07, 6.45) is 8.34. The summed E-state index contributed by atoms with van der Waals surface area (Å²) in [6, 6.07) is 10.6. The summed E-state index contributed by atoms with van der Waals surface area (Å²) in [4.78, 5) is 0. The van der Waals surface area contributed by atoms with Crippen LogP contribution >= 0.6 is 0 Å². The Morgan fingerprint density at radius 3 is 2.26 bits per heavy atom. The van der Waals surface area contributed by atoms with Crippen LogP contribution in [-0.2, 0) is 6.42 Å². The molecule has 0 saturated heterocycles. The summed E-state index contributed by atoms with van der Waals surface area (Å²) in [6.45, 7) is 21.1. The Morgan fingerprint density at radius 1 is 1.00 bits per heavy atom. The second-order valence-corrected chi connectivity index (χ2v) is 8.62. The first-order valence-electron chi connectivity index (χ1n) is 11.3. The van der Waals surface area contributed by atoms with E-state index in [2.05, 4.69) is 87.5 Å². The van der Waals surface area contributed by atoms with Crippen LogP contribution in [0.3, 0.4) is 0 Å². The monoisotopic (exact) mass is 412 g/mol. The minimum atomic E-state index is 0.735. The van der Waals surface area contributed by atoms with E-state index in [1.807, 2.05) is 6.92 Å². The van der Waals surface area contributed by atoms with Crippen molar-refractivity contribution in [3.8, 4) is 0 Å². The van der Waals surface area contributed by atoms with Gasteiger partial charge in [-0.3, -0.25) is 0 Å². The van der Waals surface area contributed by atoms with Crippen LogP contribution in [0.5, 0.6) is 0 Å². The third-order valence-electron chi connectivity index (χ3n) is 6.15. The number of aryl methyl sites for hydroxylation is 2. The number of allylic oxidation sites excluding steroid dienone is 3. The fraction of sp³-hybridized carbons (Fsp3) is 0.310. The van der Waals surface area contributed by atoms with Crippen molar-refractivity contribution in [3.63, 3.8) is 0 Å². The second kappa shape index (κ2) is 9.87. The smallest absolute Gasteiger partial charge is 0.100 e. The molecule has 31 heavy (non-hydrogen) atoms. The van der Waals surface area contributed by atoms with Crippen LogP contribution in [0.25, 0.3) is 16.8 Å². The molecular formula is C29H36N2. The van der Waals surface area contributed by atoms with E-state index in [0.717, 1.165) is 40.3 Å². The Balaban J connectivity index is 1.82. The van der Waals surface area contributed by atoms with Gasteiger partial charge in [-0.1, -0.05) is 68.6 Å². The van der Waals surface area contributed by atoms with Gasteiger partial charge in [0.15, 0.2) is 0 Å². The Kier molecular flexibility index (Phi) is 7.22. The van der Waals surface area contributed by atoms with Gasteiger partial charge in [0.1, 0.15) is 5.82 Å². The summed E-state index contributed by atoms with van der Waals surface area (Å²) in [5.74, 6) is 0.735. The van der Waals surface area contributed by atoms with Crippen LogP contribution in [-0.4, -0.2) is 0 Å². The standard InChI is InChI=1S/C29H36N2/c1-8-24-18-20(4)28(27-12-10-9-11-13-27)21(5)29(24)31-23(7)30-22(6)26-16-14-25(15-17-26)19(2)3/h12,14-18,30-31H,2,6-11,13H2,1,3-5H3. The van der Waals surface area contributed by atoms with E-state index >= 15 is 0 Å². The largest absolute Gasteiger partial charge is 0.342 e. The SMILES string of the molecule is C=C(NC(=C)c1ccc(C(=C)C)cc1)Nc1c(CC)cc(C)c(C2=CCCCC2)c1C. The van der Waals surface area contributed by atoms with E-state index in [1.54, 1.807) is 0 Å². The molecule has 162 valence electrons. The van der Waals surface area contributed by atoms with Gasteiger partial charge in [-0.15, -0.1) is 0 Å². The molecule has 0 bridgehead atoms. The maximum absolute atomic E-state index is 4.23. The van der Waals surface area contributed by atoms with Crippen molar-refractivity contribution in [2.75, 3.05) is 5.32 Å². The number of hydrogen-bond acceptors (Lipinski definition) is 2. The summed E-state index contributed by atoms with van der Waals surface area (Å²) >= 11 is 0. The van der Waals surface area contributed by atoms with E-state index in [0.29, 0.717) is 0 Å². The molecule has 2 N–H and O–H groups in total. The average Bonchev–Trinajstić information content (AvgIpc) is 2.76. The van der Waals surface area contributed by atoms with Gasteiger partial charge >= 0.3 is 0 Å². The fourth-order valence-corrected chi connectivity index (χ4v) is 4.47. The Bertz CT molecular complexity index is 1040. The molecular weight excluding hydrogens is 376 g/mol. The lowest BCUT2D eigenvalue weighted by Gasteiger charge is -2.24. The molecule has 2 nitrogen and oxygen atoms in total. The maximum Gasteiger partial charge on any atom is 0.100 e. The summed E-state index contributed by atoms with van der Waals surface area (Å²) in [5, 5.41) is 6.91. The highest BCUT2D eigenvalue weighted by Gasteiger charge is 2.17. The summed E-state index contributed by atoms with van der Waals surface area (Å²) in [7, 11) is 0. The average molecular weight is 413 g/mol. The number of hydrogen-bond donors (Lipinski definition) is 2. The van der Waals surface area contributed by atoms with Crippen molar-refractivity contribution in [2.24, 2.45) is 0 Å². The van der Waals surface area contributed by atoms with Gasteiger partial charge in [0.25, 0.3) is 0 Å². The molecule has 2 aromatic rings. The number of rotatable bonds is 8. The molecule has 1 aliphatic rings. The molecule has 2 heteroatoms. The molecule has 0 heterocycles. The lowest BCUT2D eigenvalue weighted by molar-refractivity contribution is 0.741. The van der Waals surface area contributed by atoms with Crippen molar-refractivity contribution in [1.82, 2.24) is 5.32 Å². The van der Waals surface area contributed by atoms with Gasteiger partial charge in [0, 0.05) is 11.4 Å². The third-order valence-corrected chi connectivity index (χ3v) is 6.15. The van der Waals surface area contributed by atoms with Gasteiger partial charge in [-0.25, -0.2) is 0 Å². The van der Waals surface area contributed by atoms with Crippen LogP contribution in [0.1, 0.15) is 72.9 Å². The van der Waals surface area contributed by atoms with Gasteiger partial charge < -0.3 is 10.6 Å². The van der Waals surface area contributed by atoms with Crippen LogP contribution in [0.15, 0.2) is 62.0 Å². The molecule has 0 spiro atoms. The highest BCUT2D eigenvalue weighted by atomic mass is 15.1. The predicted octanol–water partition coefficient (Wildman–Crippen LogP) is 8.00. The second-order valence-electron chi connectivity index (χ2n) is 8.62. The molecule has 0 aromatic heterocycles. The lowest BCUT2D eigenvalue weighted by atomic mass is 9.86. The van der Waals surface area contributed by atoms with Crippen LogP contribution in [0, 0.1) is 13.8 Å². The summed E-state index contributed by atoms with van der Waals surface area (Å²) in [5.41, 5.74) is 12.1. The molecule has 0 radical (unpaired) electrons. The molecule has 1 aliphatic carbocycles. The topological polar surface area (TPSA) is 24.1 Å². The quantitative estimate of drug-likeness (QED) is 0.459. The molecule has 3 rings (SSSR count). The zero-order valence-corrected chi connectivity index (χ0v) is 19.6. The van der Waals surface area contributed by atoms with Crippen LogP contribution < -0.4 is 10.6 Å². The van der Waals surface area contributed by atoms with Gasteiger partial charge in [0.05, 0.1) is 0 Å². The van der Waals surface area contributed by atoms with Gasteiger partial charge in [0.2, 0.25) is 0 Å². The van der Waals surface area contributed by atoms with E-state index in [-0.39, 0.29) is 0 Å². The normalized spacial score (nSPS) is 13.4. The zero-order valence-electron chi connectivity index (χ0n) is 19.6. The van der Waals surface area contributed by atoms with E-state index in [1.165, 1.54) is 53.5 Å². The molecule has 0 amide bonds. The van der Waals surface area contributed by atoms with E-state index < -0.39 is 0 Å². The highest BCUT2D eigenvalue weighted by molar-refractivity contribution is 5.78. The minimum Gasteiger partial charge on any atom is -0.342 e. The molecule has 0 fully saturated rings. The zero-order chi connectivity index (χ0) is 22.5. The molecule has 0 aliphatic heterocycles. The Hall–Kier alpha value is -3.00. The number of benzene rings is 2. The van der Waals surface area contributed by atoms with Gasteiger partial charge in [-0.2, -0.15) is 0 Å².